The molecule has 0 aromatic rings. The Hall–Kier alpha value is -0.320. The van der Waals surface area contributed by atoms with Crippen molar-refractivity contribution in [1.29, 1.82) is 0 Å². The molecular weight excluding hydrogens is 164 g/mol. The van der Waals surface area contributed by atoms with Gasteiger partial charge in [0, 0.05) is 0 Å². The first-order valence-corrected chi connectivity index (χ1v) is 3.10. The van der Waals surface area contributed by atoms with Crippen molar-refractivity contribution in [2.45, 2.75) is 25.4 Å². The molecule has 0 saturated carbocycles. The van der Waals surface area contributed by atoms with Gasteiger partial charge in [0.2, 0.25) is 0 Å². The highest BCUT2D eigenvalue weighted by Crippen LogP contribution is 2.24. The Labute approximate surface area is 62.3 Å². The molecule has 1 nitrogen and oxygen atoms in total. The van der Waals surface area contributed by atoms with E-state index in [1.165, 1.54) is 0 Å². The van der Waals surface area contributed by atoms with Crippen LogP contribution in [0.4, 0.5) is 17.6 Å². The van der Waals surface area contributed by atoms with Crippen molar-refractivity contribution in [2.24, 2.45) is 0 Å². The first kappa shape index (κ1) is 10.7. The zero-order valence-electron chi connectivity index (χ0n) is 5.83. The lowest BCUT2D eigenvalue weighted by atomic mass is 10.4. The molecule has 11 heavy (non-hydrogen) atoms. The summed E-state index contributed by atoms with van der Waals surface area (Å²) < 4.78 is 50.1. The molecule has 0 aliphatic carbocycles. The molecule has 1 radical (unpaired) electrons. The predicted molar refractivity (Wildman–Crippen MR) is 31.5 cm³/mol. The highest BCUT2D eigenvalue weighted by atomic mass is 19.3. The van der Waals surface area contributed by atoms with Gasteiger partial charge in [0.05, 0.1) is 6.61 Å². The van der Waals surface area contributed by atoms with E-state index in [2.05, 4.69) is 11.7 Å². The summed E-state index contributed by atoms with van der Waals surface area (Å²) in [7, 11) is 0. The molecule has 0 unspecified atom stereocenters. The van der Waals surface area contributed by atoms with Crippen molar-refractivity contribution in [1.82, 2.24) is 0 Å². The average Bonchev–Trinajstić information content (AvgIpc) is 1.88. The van der Waals surface area contributed by atoms with Crippen LogP contribution in [0.2, 0.25) is 0 Å². The molecule has 0 N–H and O–H groups in total. The topological polar surface area (TPSA) is 9.23 Å². The molecule has 0 rings (SSSR count). The van der Waals surface area contributed by atoms with E-state index in [-0.39, 0.29) is 13.0 Å². The number of hydrogen-bond donors (Lipinski definition) is 0. The molecule has 0 saturated heterocycles. The van der Waals surface area contributed by atoms with Crippen LogP contribution in [-0.4, -0.2) is 19.1 Å². The van der Waals surface area contributed by atoms with Crippen molar-refractivity contribution in [3.05, 3.63) is 6.92 Å². The minimum atomic E-state index is -4.31. The summed E-state index contributed by atoms with van der Waals surface area (Å²) in [5, 5.41) is 0. The molecular formula is C6H9F4O. The molecule has 5 heteroatoms. The molecule has 0 heterocycles. The van der Waals surface area contributed by atoms with Crippen LogP contribution in [0.3, 0.4) is 0 Å². The lowest BCUT2D eigenvalue weighted by Gasteiger charge is -2.14. The largest absolute Gasteiger partial charge is 0.416 e. The zero-order chi connectivity index (χ0) is 8.91. The minimum Gasteiger partial charge on any atom is -0.316 e. The summed E-state index contributed by atoms with van der Waals surface area (Å²) in [5.74, 6) is 0. The fraction of sp³-hybridized carbons (Fsp3) is 0.833. The molecule has 0 bridgehead atoms. The van der Waals surface area contributed by atoms with E-state index in [1.54, 1.807) is 0 Å². The second-order valence-electron chi connectivity index (χ2n) is 1.92. The van der Waals surface area contributed by atoms with Crippen LogP contribution in [0.15, 0.2) is 0 Å². The highest BCUT2D eigenvalue weighted by molar-refractivity contribution is 4.54. The summed E-state index contributed by atoms with van der Waals surface area (Å²) >= 11 is 0. The van der Waals surface area contributed by atoms with E-state index in [0.717, 1.165) is 0 Å². The van der Waals surface area contributed by atoms with E-state index < -0.39 is 12.5 Å². The van der Waals surface area contributed by atoms with Crippen LogP contribution in [0, 0.1) is 6.92 Å². The normalized spacial score (nSPS) is 12.5. The fourth-order valence-electron chi connectivity index (χ4n) is 0.373. The Kier molecular flexibility index (Phi) is 4.40. The maximum absolute atomic E-state index is 11.9. The van der Waals surface area contributed by atoms with Gasteiger partial charge in [0.25, 0.3) is 0 Å². The van der Waals surface area contributed by atoms with Gasteiger partial charge in [-0.05, 0) is 6.42 Å². The van der Waals surface area contributed by atoms with Gasteiger partial charge in [0.1, 0.15) is 0 Å². The monoisotopic (exact) mass is 173 g/mol. The minimum absolute atomic E-state index is 0.252. The van der Waals surface area contributed by atoms with Gasteiger partial charge in [-0.15, -0.1) is 0 Å². The number of hydrogen-bond acceptors (Lipinski definition) is 1. The number of unbranched alkanes of at least 4 members (excludes halogenated alkanes) is 1. The summed E-state index contributed by atoms with van der Waals surface area (Å²) in [6, 6.07) is 0. The second kappa shape index (κ2) is 4.54. The van der Waals surface area contributed by atoms with Gasteiger partial charge < -0.3 is 4.74 Å². The Balaban J connectivity index is 3.55. The van der Waals surface area contributed by atoms with E-state index in [4.69, 9.17) is 0 Å². The van der Waals surface area contributed by atoms with Crippen LogP contribution >= 0.6 is 0 Å². The van der Waals surface area contributed by atoms with Gasteiger partial charge in [-0.25, -0.2) is 8.78 Å². The predicted octanol–water partition coefficient (Wildman–Crippen LogP) is 2.48. The van der Waals surface area contributed by atoms with Gasteiger partial charge in [-0.1, -0.05) is 13.3 Å². The van der Waals surface area contributed by atoms with Gasteiger partial charge in [0.15, 0.2) is 0 Å². The summed E-state index contributed by atoms with van der Waals surface area (Å²) in [6.07, 6.45) is -7.43. The fourth-order valence-corrected chi connectivity index (χ4v) is 0.373. The van der Waals surface area contributed by atoms with Crippen molar-refractivity contribution < 1.29 is 22.3 Å². The van der Waals surface area contributed by atoms with E-state index in [0.29, 0.717) is 6.42 Å². The molecule has 0 aliphatic rings. The van der Waals surface area contributed by atoms with Gasteiger partial charge in [-0.2, -0.15) is 8.78 Å². The van der Waals surface area contributed by atoms with Crippen molar-refractivity contribution in [3.63, 3.8) is 0 Å². The van der Waals surface area contributed by atoms with Crippen molar-refractivity contribution in [3.8, 4) is 0 Å². The lowest BCUT2D eigenvalue weighted by molar-refractivity contribution is -0.300. The lowest BCUT2D eigenvalue weighted by Crippen LogP contribution is -2.30. The number of alkyl halides is 4. The molecule has 0 fully saturated rings. The zero-order valence-corrected chi connectivity index (χ0v) is 5.83. The maximum Gasteiger partial charge on any atom is 0.416 e. The Morgan fingerprint density at radius 3 is 2.27 bits per heavy atom. The molecule has 0 spiro atoms. The average molecular weight is 173 g/mol. The molecule has 0 aromatic heterocycles. The summed E-state index contributed by atoms with van der Waals surface area (Å²) in [4.78, 5) is 0. The van der Waals surface area contributed by atoms with E-state index in [9.17, 15) is 17.6 Å². The van der Waals surface area contributed by atoms with Crippen LogP contribution in [0.5, 0.6) is 0 Å². The maximum atomic E-state index is 11.9. The van der Waals surface area contributed by atoms with Crippen LogP contribution in [-0.2, 0) is 4.74 Å². The molecule has 67 valence electrons. The van der Waals surface area contributed by atoms with Gasteiger partial charge >= 0.3 is 12.5 Å². The Morgan fingerprint density at radius 1 is 1.36 bits per heavy atom. The summed E-state index contributed by atoms with van der Waals surface area (Å²) in [6.45, 7) is 2.95. The SMILES string of the molecule is [CH2]CCCOC(F)(F)C(F)F. The summed E-state index contributed by atoms with van der Waals surface area (Å²) in [5.41, 5.74) is 0. The highest BCUT2D eigenvalue weighted by Gasteiger charge is 2.41. The molecule has 0 amide bonds. The third-order valence-electron chi connectivity index (χ3n) is 0.943. The second-order valence-corrected chi connectivity index (χ2v) is 1.92. The number of halogens is 4. The molecule has 0 atom stereocenters. The standard InChI is InChI=1S/C6H9F4O/c1-2-3-4-11-6(9,10)5(7)8/h5H,1-4H2. The first-order valence-electron chi connectivity index (χ1n) is 3.10. The molecule has 0 aliphatic heterocycles. The van der Waals surface area contributed by atoms with Crippen molar-refractivity contribution in [2.75, 3.05) is 6.61 Å². The van der Waals surface area contributed by atoms with Crippen LogP contribution in [0.25, 0.3) is 0 Å². The van der Waals surface area contributed by atoms with Crippen molar-refractivity contribution >= 4 is 0 Å². The van der Waals surface area contributed by atoms with Crippen LogP contribution < -0.4 is 0 Å². The number of ether oxygens (including phenoxy) is 1. The quantitative estimate of drug-likeness (QED) is 0.458. The smallest absolute Gasteiger partial charge is 0.316 e. The van der Waals surface area contributed by atoms with E-state index >= 15 is 0 Å². The van der Waals surface area contributed by atoms with E-state index in [1.807, 2.05) is 0 Å². The Bertz CT molecular complexity index is 105. The first-order chi connectivity index (χ1) is 5.00. The number of rotatable bonds is 5. The molecule has 0 aromatic carbocycles. The third-order valence-corrected chi connectivity index (χ3v) is 0.943. The Morgan fingerprint density at radius 2 is 1.91 bits per heavy atom. The van der Waals surface area contributed by atoms with Crippen LogP contribution in [0.1, 0.15) is 12.8 Å². The third kappa shape index (κ3) is 4.19. The van der Waals surface area contributed by atoms with Gasteiger partial charge in [-0.3, -0.25) is 0 Å².